The summed E-state index contributed by atoms with van der Waals surface area (Å²) in [5, 5.41) is 35.2. The number of hydrogen-bond donors (Lipinski definition) is 3. The fourth-order valence-corrected chi connectivity index (χ4v) is 1.66. The van der Waals surface area contributed by atoms with Crippen LogP contribution < -0.4 is 0 Å². The van der Waals surface area contributed by atoms with E-state index in [1.54, 1.807) is 0 Å². The zero-order chi connectivity index (χ0) is 10.8. The number of ether oxygens (including phenoxy) is 1. The molecule has 3 N–H and O–H groups in total. The summed E-state index contributed by atoms with van der Waals surface area (Å²) in [7, 11) is 0. The third-order valence-corrected chi connectivity index (χ3v) is 2.51. The first kappa shape index (κ1) is 10.5. The lowest BCUT2D eigenvalue weighted by molar-refractivity contribution is 0.116. The van der Waals surface area contributed by atoms with Gasteiger partial charge in [-0.15, -0.1) is 5.10 Å². The lowest BCUT2D eigenvalue weighted by Gasteiger charge is -2.14. The molecule has 7 nitrogen and oxygen atoms in total. The molecule has 84 valence electrons. The Bertz CT molecular complexity index is 341. The van der Waals surface area contributed by atoms with Crippen molar-refractivity contribution < 1.29 is 20.1 Å². The number of nitrogens with zero attached hydrogens (tertiary/aromatic N) is 3. The van der Waals surface area contributed by atoms with Crippen molar-refractivity contribution in [3.05, 3.63) is 11.4 Å². The zero-order valence-corrected chi connectivity index (χ0v) is 8.07. The normalized spacial score (nSPS) is 26.1. The molecule has 0 unspecified atom stereocenters. The highest BCUT2D eigenvalue weighted by molar-refractivity contribution is 5.09. The van der Waals surface area contributed by atoms with Crippen LogP contribution in [0.5, 0.6) is 0 Å². The monoisotopic (exact) mass is 215 g/mol. The van der Waals surface area contributed by atoms with Gasteiger partial charge in [-0.2, -0.15) is 0 Å². The average Bonchev–Trinajstić information content (AvgIpc) is 2.82. The highest BCUT2D eigenvalue weighted by Gasteiger charge is 2.31. The van der Waals surface area contributed by atoms with Crippen LogP contribution >= 0.6 is 0 Å². The van der Waals surface area contributed by atoms with Gasteiger partial charge in [-0.05, 0) is 0 Å². The molecule has 1 saturated heterocycles. The van der Waals surface area contributed by atoms with Crippen molar-refractivity contribution in [1.29, 1.82) is 0 Å². The van der Waals surface area contributed by atoms with E-state index in [4.69, 9.17) is 14.9 Å². The van der Waals surface area contributed by atoms with Gasteiger partial charge in [0.15, 0.2) is 0 Å². The Labute approximate surface area is 85.9 Å². The number of aliphatic hydroxyl groups is 3. The van der Waals surface area contributed by atoms with Gasteiger partial charge in [0.25, 0.3) is 0 Å². The fourth-order valence-electron chi connectivity index (χ4n) is 1.66. The van der Waals surface area contributed by atoms with Crippen molar-refractivity contribution in [2.75, 3.05) is 13.2 Å². The maximum absolute atomic E-state index is 9.59. The van der Waals surface area contributed by atoms with E-state index in [0.29, 0.717) is 18.0 Å². The topological polar surface area (TPSA) is 101 Å². The first-order valence-corrected chi connectivity index (χ1v) is 4.68. The second-order valence-electron chi connectivity index (χ2n) is 3.42. The minimum Gasteiger partial charge on any atom is -0.390 e. The van der Waals surface area contributed by atoms with Crippen LogP contribution in [0, 0.1) is 0 Å². The van der Waals surface area contributed by atoms with Gasteiger partial charge in [-0.1, -0.05) is 5.21 Å². The number of aliphatic hydroxyl groups excluding tert-OH is 3. The van der Waals surface area contributed by atoms with Crippen LogP contribution in [0.2, 0.25) is 0 Å². The van der Waals surface area contributed by atoms with Crippen LogP contribution in [-0.2, 0) is 18.0 Å². The first-order valence-electron chi connectivity index (χ1n) is 4.68. The van der Waals surface area contributed by atoms with E-state index in [2.05, 4.69) is 10.3 Å². The van der Waals surface area contributed by atoms with E-state index >= 15 is 0 Å². The summed E-state index contributed by atoms with van der Waals surface area (Å²) in [4.78, 5) is 0. The van der Waals surface area contributed by atoms with Crippen molar-refractivity contribution in [2.24, 2.45) is 0 Å². The van der Waals surface area contributed by atoms with Gasteiger partial charge in [-0.3, -0.25) is 0 Å². The quantitative estimate of drug-likeness (QED) is 0.549. The van der Waals surface area contributed by atoms with E-state index in [9.17, 15) is 5.11 Å². The van der Waals surface area contributed by atoms with E-state index in [-0.39, 0.29) is 25.9 Å². The van der Waals surface area contributed by atoms with Crippen molar-refractivity contribution in [1.82, 2.24) is 15.0 Å². The molecule has 0 aliphatic carbocycles. The SMILES string of the molecule is OCc1nnn([C@@H]2COC[C@H]2O)c1CO. The minimum atomic E-state index is -0.649. The zero-order valence-electron chi connectivity index (χ0n) is 8.07. The molecule has 1 aliphatic heterocycles. The molecule has 2 atom stereocenters. The fraction of sp³-hybridized carbons (Fsp3) is 0.750. The van der Waals surface area contributed by atoms with Crippen molar-refractivity contribution in [3.63, 3.8) is 0 Å². The van der Waals surface area contributed by atoms with Crippen LogP contribution in [0.15, 0.2) is 0 Å². The maximum atomic E-state index is 9.59. The molecule has 0 saturated carbocycles. The molecule has 0 amide bonds. The Balaban J connectivity index is 2.30. The van der Waals surface area contributed by atoms with Crippen molar-refractivity contribution in [2.45, 2.75) is 25.4 Å². The largest absolute Gasteiger partial charge is 0.390 e. The molecule has 1 fully saturated rings. The number of hydrogen-bond acceptors (Lipinski definition) is 6. The lowest BCUT2D eigenvalue weighted by atomic mass is 10.2. The Kier molecular flexibility index (Phi) is 2.96. The third-order valence-electron chi connectivity index (χ3n) is 2.51. The Morgan fingerprint density at radius 3 is 2.67 bits per heavy atom. The van der Waals surface area contributed by atoms with E-state index in [0.717, 1.165) is 0 Å². The van der Waals surface area contributed by atoms with E-state index < -0.39 is 6.10 Å². The molecule has 0 bridgehead atoms. The summed E-state index contributed by atoms with van der Waals surface area (Å²) in [6.07, 6.45) is -0.649. The van der Waals surface area contributed by atoms with Gasteiger partial charge in [0.1, 0.15) is 17.8 Å². The standard InChI is InChI=1S/C8H13N3O4/c12-1-5-6(2-13)11(10-9-5)7-3-15-4-8(7)14/h7-8,12-14H,1-4H2/t7-,8-/m1/s1. The van der Waals surface area contributed by atoms with Gasteiger partial charge in [0.2, 0.25) is 0 Å². The van der Waals surface area contributed by atoms with Gasteiger partial charge >= 0.3 is 0 Å². The average molecular weight is 215 g/mol. The van der Waals surface area contributed by atoms with Crippen molar-refractivity contribution in [3.8, 4) is 0 Å². The molecule has 1 aliphatic rings. The molecule has 1 aromatic rings. The molecule has 2 rings (SSSR count). The number of aromatic nitrogens is 3. The molecule has 0 radical (unpaired) electrons. The van der Waals surface area contributed by atoms with Crippen LogP contribution in [-0.4, -0.2) is 49.6 Å². The predicted octanol–water partition coefficient (Wildman–Crippen LogP) is -1.81. The summed E-state index contributed by atoms with van der Waals surface area (Å²) in [6.45, 7) is 0.0396. The van der Waals surface area contributed by atoms with Gasteiger partial charge in [0, 0.05) is 0 Å². The van der Waals surface area contributed by atoms with Gasteiger partial charge in [0.05, 0.1) is 32.1 Å². The Morgan fingerprint density at radius 2 is 2.13 bits per heavy atom. The Hall–Kier alpha value is -1.02. The van der Waals surface area contributed by atoms with Crippen LogP contribution in [0.4, 0.5) is 0 Å². The van der Waals surface area contributed by atoms with Crippen LogP contribution in [0.3, 0.4) is 0 Å². The number of rotatable bonds is 3. The Morgan fingerprint density at radius 1 is 1.33 bits per heavy atom. The van der Waals surface area contributed by atoms with E-state index in [1.165, 1.54) is 4.68 Å². The highest BCUT2D eigenvalue weighted by Crippen LogP contribution is 2.21. The second kappa shape index (κ2) is 4.23. The molecule has 1 aromatic heterocycles. The van der Waals surface area contributed by atoms with Gasteiger partial charge < -0.3 is 20.1 Å². The predicted molar refractivity (Wildman–Crippen MR) is 47.7 cm³/mol. The first-order chi connectivity index (χ1) is 7.27. The van der Waals surface area contributed by atoms with Crippen LogP contribution in [0.25, 0.3) is 0 Å². The highest BCUT2D eigenvalue weighted by atomic mass is 16.5. The van der Waals surface area contributed by atoms with E-state index in [1.807, 2.05) is 0 Å². The lowest BCUT2D eigenvalue weighted by Crippen LogP contribution is -2.25. The summed E-state index contributed by atoms with van der Waals surface area (Å²) in [5.74, 6) is 0. The summed E-state index contributed by atoms with van der Waals surface area (Å²) in [5.41, 5.74) is 0.753. The van der Waals surface area contributed by atoms with Gasteiger partial charge in [-0.25, -0.2) is 4.68 Å². The molecule has 7 heteroatoms. The molecular weight excluding hydrogens is 202 g/mol. The van der Waals surface area contributed by atoms with Crippen LogP contribution in [0.1, 0.15) is 17.4 Å². The maximum Gasteiger partial charge on any atom is 0.114 e. The third kappa shape index (κ3) is 1.74. The molecule has 15 heavy (non-hydrogen) atoms. The summed E-state index contributed by atoms with van der Waals surface area (Å²) >= 11 is 0. The summed E-state index contributed by atoms with van der Waals surface area (Å²) < 4.78 is 6.50. The molecule has 0 aromatic carbocycles. The molecule has 2 heterocycles. The summed E-state index contributed by atoms with van der Waals surface area (Å²) in [6, 6.07) is -0.333. The molecule has 0 spiro atoms. The smallest absolute Gasteiger partial charge is 0.114 e. The second-order valence-corrected chi connectivity index (χ2v) is 3.42. The molecular formula is C8H13N3O4. The van der Waals surface area contributed by atoms with Crippen molar-refractivity contribution >= 4 is 0 Å². The minimum absolute atomic E-state index is 0.254.